The van der Waals surface area contributed by atoms with E-state index in [0.717, 1.165) is 62.2 Å². The molecule has 0 amide bonds. The summed E-state index contributed by atoms with van der Waals surface area (Å²) in [6.07, 6.45) is 2.88. The van der Waals surface area contributed by atoms with E-state index in [2.05, 4.69) is 46.0 Å². The predicted molar refractivity (Wildman–Crippen MR) is 115 cm³/mol. The van der Waals surface area contributed by atoms with E-state index in [0.29, 0.717) is 13.2 Å². The third kappa shape index (κ3) is 4.65. The summed E-state index contributed by atoms with van der Waals surface area (Å²) in [4.78, 5) is 4.41. The van der Waals surface area contributed by atoms with Gasteiger partial charge in [-0.1, -0.05) is 30.3 Å². The molecule has 154 valence electrons. The molecule has 2 aromatic rings. The van der Waals surface area contributed by atoms with Gasteiger partial charge in [0.25, 0.3) is 0 Å². The van der Waals surface area contributed by atoms with Crippen molar-refractivity contribution in [1.29, 1.82) is 0 Å². The number of benzene rings is 2. The maximum absolute atomic E-state index is 5.79. The predicted octanol–water partition coefficient (Wildman–Crippen LogP) is 3.58. The van der Waals surface area contributed by atoms with Crippen molar-refractivity contribution >= 4 is 11.6 Å². The van der Waals surface area contributed by atoms with E-state index in [9.17, 15) is 0 Å². The first-order valence-electron chi connectivity index (χ1n) is 10.3. The van der Waals surface area contributed by atoms with Gasteiger partial charge in [0.2, 0.25) is 0 Å². The molecule has 0 atom stereocenters. The van der Waals surface area contributed by atoms with Gasteiger partial charge in [-0.05, 0) is 30.5 Å². The van der Waals surface area contributed by atoms with E-state index >= 15 is 0 Å². The highest BCUT2D eigenvalue weighted by Gasteiger charge is 2.34. The van der Waals surface area contributed by atoms with Crippen LogP contribution in [0.3, 0.4) is 0 Å². The van der Waals surface area contributed by atoms with Gasteiger partial charge in [-0.3, -0.25) is 4.99 Å². The summed E-state index contributed by atoms with van der Waals surface area (Å²) in [7, 11) is 1.79. The molecule has 2 aliphatic rings. The fourth-order valence-electron chi connectivity index (χ4n) is 3.93. The zero-order valence-electron chi connectivity index (χ0n) is 16.9. The second-order valence-electron chi connectivity index (χ2n) is 7.52. The Hall–Kier alpha value is -2.73. The Balaban J connectivity index is 1.45. The molecule has 2 heterocycles. The van der Waals surface area contributed by atoms with Gasteiger partial charge in [-0.25, -0.2) is 0 Å². The molecule has 2 aliphatic heterocycles. The molecule has 2 aromatic carbocycles. The summed E-state index contributed by atoms with van der Waals surface area (Å²) in [5.74, 6) is 2.30. The van der Waals surface area contributed by atoms with Crippen LogP contribution in [0.4, 0.5) is 5.69 Å². The van der Waals surface area contributed by atoms with Crippen molar-refractivity contribution in [2.45, 2.75) is 24.7 Å². The van der Waals surface area contributed by atoms with Crippen LogP contribution in [0.2, 0.25) is 0 Å². The van der Waals surface area contributed by atoms with E-state index in [1.807, 2.05) is 18.2 Å². The fraction of sp³-hybridized carbons (Fsp3) is 0.435. The molecule has 0 saturated carbocycles. The third-order valence-corrected chi connectivity index (χ3v) is 5.66. The van der Waals surface area contributed by atoms with Crippen LogP contribution in [0.1, 0.15) is 24.8 Å². The number of nitrogens with one attached hydrogen (secondary N) is 2. The minimum atomic E-state index is 0.0435. The monoisotopic (exact) mass is 395 g/mol. The van der Waals surface area contributed by atoms with Crippen molar-refractivity contribution < 1.29 is 14.2 Å². The normalized spacial score (nSPS) is 18.6. The average molecular weight is 396 g/mol. The molecule has 0 spiro atoms. The summed E-state index contributed by atoms with van der Waals surface area (Å²) in [5, 5.41) is 6.91. The standard InChI is InChI=1S/C23H29N3O3/c1-24-22(26-19-8-9-20-21(16-19)29-13-5-12-28-20)25-17-23(10-14-27-15-11-23)18-6-3-2-4-7-18/h2-4,6-9,16H,5,10-15,17H2,1H3,(H2,24,25,26). The number of ether oxygens (including phenoxy) is 3. The largest absolute Gasteiger partial charge is 0.490 e. The highest BCUT2D eigenvalue weighted by molar-refractivity contribution is 5.94. The summed E-state index contributed by atoms with van der Waals surface area (Å²) in [6, 6.07) is 16.6. The number of hydrogen-bond acceptors (Lipinski definition) is 4. The molecule has 1 saturated heterocycles. The van der Waals surface area contributed by atoms with E-state index in [-0.39, 0.29) is 5.41 Å². The van der Waals surface area contributed by atoms with Crippen molar-refractivity contribution in [1.82, 2.24) is 5.32 Å². The molecular formula is C23H29N3O3. The maximum atomic E-state index is 5.79. The summed E-state index contributed by atoms with van der Waals surface area (Å²) in [6.45, 7) is 3.72. The van der Waals surface area contributed by atoms with Crippen LogP contribution in [-0.2, 0) is 10.2 Å². The molecule has 2 N–H and O–H groups in total. The number of fused-ring (bicyclic) bond motifs is 1. The second-order valence-corrected chi connectivity index (χ2v) is 7.52. The van der Waals surface area contributed by atoms with Gasteiger partial charge in [0, 0.05) is 50.4 Å². The zero-order valence-corrected chi connectivity index (χ0v) is 16.9. The van der Waals surface area contributed by atoms with Crippen molar-refractivity contribution in [2.75, 3.05) is 45.3 Å². The Kier molecular flexibility index (Phi) is 6.20. The lowest BCUT2D eigenvalue weighted by molar-refractivity contribution is 0.0514. The molecule has 1 fully saturated rings. The van der Waals surface area contributed by atoms with Gasteiger partial charge in [-0.15, -0.1) is 0 Å². The molecule has 6 nitrogen and oxygen atoms in total. The lowest BCUT2D eigenvalue weighted by atomic mass is 9.74. The zero-order chi connectivity index (χ0) is 19.9. The average Bonchev–Trinajstić information content (AvgIpc) is 3.03. The first kappa shape index (κ1) is 19.6. The minimum Gasteiger partial charge on any atom is -0.490 e. The van der Waals surface area contributed by atoms with Crippen molar-refractivity contribution in [3.05, 3.63) is 54.1 Å². The third-order valence-electron chi connectivity index (χ3n) is 5.66. The van der Waals surface area contributed by atoms with Gasteiger partial charge in [0.05, 0.1) is 13.2 Å². The first-order valence-corrected chi connectivity index (χ1v) is 10.3. The number of aliphatic imine (C=N–C) groups is 1. The van der Waals surface area contributed by atoms with Crippen molar-refractivity contribution in [2.24, 2.45) is 4.99 Å². The van der Waals surface area contributed by atoms with Gasteiger partial charge in [0.1, 0.15) is 0 Å². The maximum Gasteiger partial charge on any atom is 0.195 e. The number of nitrogens with zero attached hydrogens (tertiary/aromatic N) is 1. The molecule has 6 heteroatoms. The van der Waals surface area contributed by atoms with E-state index in [1.54, 1.807) is 7.05 Å². The van der Waals surface area contributed by atoms with Crippen LogP contribution in [0, 0.1) is 0 Å². The van der Waals surface area contributed by atoms with Crippen LogP contribution >= 0.6 is 0 Å². The van der Waals surface area contributed by atoms with E-state index < -0.39 is 0 Å². The Morgan fingerprint density at radius 3 is 2.48 bits per heavy atom. The molecule has 0 aromatic heterocycles. The van der Waals surface area contributed by atoms with Crippen LogP contribution in [0.25, 0.3) is 0 Å². The van der Waals surface area contributed by atoms with Gasteiger partial charge in [-0.2, -0.15) is 0 Å². The van der Waals surface area contributed by atoms with Gasteiger partial charge in [0.15, 0.2) is 17.5 Å². The summed E-state index contributed by atoms with van der Waals surface area (Å²) in [5.41, 5.74) is 2.31. The first-order chi connectivity index (χ1) is 14.3. The van der Waals surface area contributed by atoms with Crippen LogP contribution in [0.5, 0.6) is 11.5 Å². The molecule has 0 bridgehead atoms. The van der Waals surface area contributed by atoms with Gasteiger partial charge < -0.3 is 24.8 Å². The summed E-state index contributed by atoms with van der Waals surface area (Å²) < 4.78 is 17.1. The summed E-state index contributed by atoms with van der Waals surface area (Å²) >= 11 is 0. The number of guanidine groups is 1. The highest BCUT2D eigenvalue weighted by atomic mass is 16.5. The SMILES string of the molecule is CN=C(NCC1(c2ccccc2)CCOCC1)Nc1ccc2c(c1)OCCCO2. The number of anilines is 1. The molecule has 0 aliphatic carbocycles. The van der Waals surface area contributed by atoms with Crippen LogP contribution < -0.4 is 20.1 Å². The highest BCUT2D eigenvalue weighted by Crippen LogP contribution is 2.34. The molecule has 0 radical (unpaired) electrons. The Morgan fingerprint density at radius 2 is 1.72 bits per heavy atom. The lowest BCUT2D eigenvalue weighted by Gasteiger charge is -2.38. The minimum absolute atomic E-state index is 0.0435. The molecule has 0 unspecified atom stereocenters. The fourth-order valence-corrected chi connectivity index (χ4v) is 3.93. The smallest absolute Gasteiger partial charge is 0.195 e. The topological polar surface area (TPSA) is 64.1 Å². The molecule has 4 rings (SSSR count). The van der Waals surface area contributed by atoms with E-state index in [1.165, 1.54) is 5.56 Å². The Bertz CT molecular complexity index is 833. The van der Waals surface area contributed by atoms with Crippen LogP contribution in [0.15, 0.2) is 53.5 Å². The quantitative estimate of drug-likeness (QED) is 0.612. The molecular weight excluding hydrogens is 366 g/mol. The Labute approximate surface area is 172 Å². The van der Waals surface area contributed by atoms with Crippen molar-refractivity contribution in [3.63, 3.8) is 0 Å². The van der Waals surface area contributed by atoms with E-state index in [4.69, 9.17) is 14.2 Å². The molecule has 29 heavy (non-hydrogen) atoms. The van der Waals surface area contributed by atoms with Crippen LogP contribution in [-0.4, -0.2) is 46.0 Å². The number of hydrogen-bond donors (Lipinski definition) is 2. The second kappa shape index (κ2) is 9.18. The van der Waals surface area contributed by atoms with Crippen molar-refractivity contribution in [3.8, 4) is 11.5 Å². The van der Waals surface area contributed by atoms with Gasteiger partial charge >= 0.3 is 0 Å². The number of rotatable bonds is 4. The lowest BCUT2D eigenvalue weighted by Crippen LogP contribution is -2.46. The Morgan fingerprint density at radius 1 is 0.966 bits per heavy atom.